The average molecular weight is 205 g/mol. The fourth-order valence-electron chi connectivity index (χ4n) is 1.38. The Balaban J connectivity index is 2.72. The standard InChI is InChI=1S/C13H19NO/c1-4-5-10-15-13-9-7-6-8-12(13)11(2)14-3/h4,6-9,11,14H,1,5,10H2,2-3H3. The minimum atomic E-state index is 0.310. The molecule has 2 heteroatoms. The fraction of sp³-hybridized carbons (Fsp3) is 0.385. The van der Waals surface area contributed by atoms with Gasteiger partial charge in [0.1, 0.15) is 5.75 Å². The highest BCUT2D eigenvalue weighted by Gasteiger charge is 2.08. The van der Waals surface area contributed by atoms with E-state index in [1.54, 1.807) is 0 Å². The Kier molecular flexibility index (Phi) is 4.91. The summed E-state index contributed by atoms with van der Waals surface area (Å²) < 4.78 is 5.69. The zero-order valence-corrected chi connectivity index (χ0v) is 9.49. The summed E-state index contributed by atoms with van der Waals surface area (Å²) in [5.74, 6) is 0.959. The van der Waals surface area contributed by atoms with Crippen molar-refractivity contribution >= 4 is 0 Å². The number of hydrogen-bond acceptors (Lipinski definition) is 2. The van der Waals surface area contributed by atoms with Gasteiger partial charge in [0.05, 0.1) is 6.61 Å². The maximum Gasteiger partial charge on any atom is 0.124 e. The average Bonchev–Trinajstić information content (AvgIpc) is 2.29. The Morgan fingerprint density at radius 1 is 1.47 bits per heavy atom. The summed E-state index contributed by atoms with van der Waals surface area (Å²) in [6.07, 6.45) is 2.74. The first-order valence-electron chi connectivity index (χ1n) is 5.29. The van der Waals surface area contributed by atoms with E-state index < -0.39 is 0 Å². The second-order valence-corrected chi connectivity index (χ2v) is 3.47. The topological polar surface area (TPSA) is 21.3 Å². The molecule has 0 heterocycles. The summed E-state index contributed by atoms with van der Waals surface area (Å²) >= 11 is 0. The van der Waals surface area contributed by atoms with Crippen LogP contribution >= 0.6 is 0 Å². The van der Waals surface area contributed by atoms with Crippen LogP contribution in [0.3, 0.4) is 0 Å². The predicted molar refractivity (Wildman–Crippen MR) is 64.2 cm³/mol. The first kappa shape index (κ1) is 11.8. The molecule has 0 amide bonds. The maximum absolute atomic E-state index is 5.69. The van der Waals surface area contributed by atoms with Crippen molar-refractivity contribution in [1.29, 1.82) is 0 Å². The normalized spacial score (nSPS) is 12.1. The molecule has 0 saturated carbocycles. The molecule has 1 rings (SSSR count). The number of hydrogen-bond donors (Lipinski definition) is 1. The van der Waals surface area contributed by atoms with Crippen LogP contribution < -0.4 is 10.1 Å². The lowest BCUT2D eigenvalue weighted by Crippen LogP contribution is -2.13. The molecule has 1 unspecified atom stereocenters. The minimum absolute atomic E-state index is 0.310. The van der Waals surface area contributed by atoms with Gasteiger partial charge in [0.2, 0.25) is 0 Å². The lowest BCUT2D eigenvalue weighted by Gasteiger charge is -2.15. The first-order chi connectivity index (χ1) is 7.29. The van der Waals surface area contributed by atoms with Crippen LogP contribution in [0.5, 0.6) is 5.75 Å². The van der Waals surface area contributed by atoms with E-state index in [2.05, 4.69) is 24.9 Å². The number of rotatable bonds is 6. The zero-order chi connectivity index (χ0) is 11.1. The van der Waals surface area contributed by atoms with Gasteiger partial charge in [0, 0.05) is 11.6 Å². The van der Waals surface area contributed by atoms with Crippen molar-refractivity contribution in [2.24, 2.45) is 0 Å². The molecule has 1 aromatic carbocycles. The quantitative estimate of drug-likeness (QED) is 0.569. The summed E-state index contributed by atoms with van der Waals surface area (Å²) in [6.45, 7) is 6.49. The summed E-state index contributed by atoms with van der Waals surface area (Å²) in [5, 5.41) is 3.21. The monoisotopic (exact) mass is 205 g/mol. The van der Waals surface area contributed by atoms with E-state index >= 15 is 0 Å². The second-order valence-electron chi connectivity index (χ2n) is 3.47. The molecule has 0 aromatic heterocycles. The Bertz CT molecular complexity index is 309. The van der Waals surface area contributed by atoms with Gasteiger partial charge in [-0.2, -0.15) is 0 Å². The number of nitrogens with one attached hydrogen (secondary N) is 1. The molecule has 0 aliphatic carbocycles. The SMILES string of the molecule is C=CCCOc1ccccc1C(C)NC. The third-order valence-electron chi connectivity index (χ3n) is 2.40. The number of benzene rings is 1. The van der Waals surface area contributed by atoms with Crippen molar-refractivity contribution in [2.45, 2.75) is 19.4 Å². The molecule has 15 heavy (non-hydrogen) atoms. The molecule has 1 N–H and O–H groups in total. The molecule has 0 radical (unpaired) electrons. The molecule has 0 saturated heterocycles. The Hall–Kier alpha value is -1.28. The van der Waals surface area contributed by atoms with E-state index in [9.17, 15) is 0 Å². The van der Waals surface area contributed by atoms with Crippen LogP contribution in [0.15, 0.2) is 36.9 Å². The van der Waals surface area contributed by atoms with Gasteiger partial charge in [-0.15, -0.1) is 6.58 Å². The molecular formula is C13H19NO. The summed E-state index contributed by atoms with van der Waals surface area (Å²) in [7, 11) is 1.95. The molecule has 0 bridgehead atoms. The van der Waals surface area contributed by atoms with E-state index in [0.29, 0.717) is 12.6 Å². The number of ether oxygens (including phenoxy) is 1. The van der Waals surface area contributed by atoms with Gasteiger partial charge >= 0.3 is 0 Å². The molecule has 2 nitrogen and oxygen atoms in total. The first-order valence-corrected chi connectivity index (χ1v) is 5.29. The van der Waals surface area contributed by atoms with Gasteiger partial charge in [0.25, 0.3) is 0 Å². The van der Waals surface area contributed by atoms with Crippen LogP contribution in [-0.2, 0) is 0 Å². The van der Waals surface area contributed by atoms with Gasteiger partial charge in [-0.25, -0.2) is 0 Å². The maximum atomic E-state index is 5.69. The lowest BCUT2D eigenvalue weighted by molar-refractivity contribution is 0.318. The van der Waals surface area contributed by atoms with Gasteiger partial charge in [-0.05, 0) is 26.5 Å². The third kappa shape index (κ3) is 3.40. The minimum Gasteiger partial charge on any atom is -0.493 e. The van der Waals surface area contributed by atoms with Crippen LogP contribution in [0, 0.1) is 0 Å². The lowest BCUT2D eigenvalue weighted by atomic mass is 10.1. The van der Waals surface area contributed by atoms with E-state index in [1.807, 2.05) is 31.3 Å². The largest absolute Gasteiger partial charge is 0.493 e. The Morgan fingerprint density at radius 2 is 2.20 bits per heavy atom. The van der Waals surface area contributed by atoms with E-state index in [0.717, 1.165) is 12.2 Å². The fourth-order valence-corrected chi connectivity index (χ4v) is 1.38. The van der Waals surface area contributed by atoms with Crippen molar-refractivity contribution < 1.29 is 4.74 Å². The van der Waals surface area contributed by atoms with Crippen molar-refractivity contribution in [2.75, 3.05) is 13.7 Å². The molecule has 0 aliphatic heterocycles. The van der Waals surface area contributed by atoms with Crippen LogP contribution in [-0.4, -0.2) is 13.7 Å². The van der Waals surface area contributed by atoms with Crippen molar-refractivity contribution in [3.8, 4) is 5.75 Å². The van der Waals surface area contributed by atoms with Crippen LogP contribution in [0.25, 0.3) is 0 Å². The smallest absolute Gasteiger partial charge is 0.124 e. The molecule has 82 valence electrons. The number of para-hydroxylation sites is 1. The van der Waals surface area contributed by atoms with Crippen LogP contribution in [0.4, 0.5) is 0 Å². The van der Waals surface area contributed by atoms with E-state index in [4.69, 9.17) is 4.74 Å². The Morgan fingerprint density at radius 3 is 2.87 bits per heavy atom. The van der Waals surface area contributed by atoms with Crippen molar-refractivity contribution in [3.63, 3.8) is 0 Å². The molecule has 0 fully saturated rings. The summed E-state index contributed by atoms with van der Waals surface area (Å²) in [4.78, 5) is 0. The van der Waals surface area contributed by atoms with Gasteiger partial charge < -0.3 is 10.1 Å². The van der Waals surface area contributed by atoms with E-state index in [-0.39, 0.29) is 0 Å². The van der Waals surface area contributed by atoms with Gasteiger partial charge in [-0.3, -0.25) is 0 Å². The van der Waals surface area contributed by atoms with Crippen LogP contribution in [0.2, 0.25) is 0 Å². The van der Waals surface area contributed by atoms with Gasteiger partial charge in [-0.1, -0.05) is 24.3 Å². The third-order valence-corrected chi connectivity index (χ3v) is 2.40. The highest BCUT2D eigenvalue weighted by molar-refractivity contribution is 5.35. The summed E-state index contributed by atoms with van der Waals surface area (Å²) in [6, 6.07) is 8.43. The van der Waals surface area contributed by atoms with Crippen molar-refractivity contribution in [1.82, 2.24) is 5.32 Å². The van der Waals surface area contributed by atoms with Crippen molar-refractivity contribution in [3.05, 3.63) is 42.5 Å². The highest BCUT2D eigenvalue weighted by Crippen LogP contribution is 2.24. The van der Waals surface area contributed by atoms with Gasteiger partial charge in [0.15, 0.2) is 0 Å². The van der Waals surface area contributed by atoms with Crippen LogP contribution in [0.1, 0.15) is 24.9 Å². The zero-order valence-electron chi connectivity index (χ0n) is 9.49. The molecular weight excluding hydrogens is 186 g/mol. The van der Waals surface area contributed by atoms with E-state index in [1.165, 1.54) is 5.56 Å². The second kappa shape index (κ2) is 6.25. The summed E-state index contributed by atoms with van der Waals surface area (Å²) in [5.41, 5.74) is 1.20. The molecule has 1 atom stereocenters. The molecule has 0 spiro atoms. The molecule has 1 aromatic rings. The predicted octanol–water partition coefficient (Wildman–Crippen LogP) is 2.92. The molecule has 0 aliphatic rings. The Labute approximate surface area is 92.0 Å². The highest BCUT2D eigenvalue weighted by atomic mass is 16.5.